The predicted octanol–water partition coefficient (Wildman–Crippen LogP) is 1.70. The summed E-state index contributed by atoms with van der Waals surface area (Å²) in [5.74, 6) is 0.211. The van der Waals surface area contributed by atoms with Gasteiger partial charge in [-0.05, 0) is 30.0 Å². The summed E-state index contributed by atoms with van der Waals surface area (Å²) >= 11 is 0. The molecule has 1 aliphatic heterocycles. The fourth-order valence-corrected chi connectivity index (χ4v) is 2.43. The lowest BCUT2D eigenvalue weighted by molar-refractivity contribution is -0.138. The molecule has 17 heavy (non-hydrogen) atoms. The molecule has 1 saturated carbocycles. The fraction of sp³-hybridized carbons (Fsp3) is 0.462. The average molecular weight is 233 g/mol. The number of aliphatic carboxylic acids is 1. The third kappa shape index (κ3) is 1.73. The van der Waals surface area contributed by atoms with Gasteiger partial charge < -0.3 is 14.7 Å². The van der Waals surface area contributed by atoms with E-state index in [1.807, 2.05) is 19.2 Å². The third-order valence-electron chi connectivity index (χ3n) is 3.61. The van der Waals surface area contributed by atoms with Gasteiger partial charge in [-0.1, -0.05) is 6.07 Å². The molecular formula is C13H15NO3. The van der Waals surface area contributed by atoms with E-state index in [4.69, 9.17) is 9.84 Å². The Morgan fingerprint density at radius 3 is 3.06 bits per heavy atom. The van der Waals surface area contributed by atoms with Gasteiger partial charge in [0.2, 0.25) is 0 Å². The first-order valence-corrected chi connectivity index (χ1v) is 5.87. The van der Waals surface area contributed by atoms with Crippen molar-refractivity contribution in [3.05, 3.63) is 23.8 Å². The molecule has 1 aromatic rings. The molecule has 0 saturated heterocycles. The van der Waals surface area contributed by atoms with Crippen molar-refractivity contribution in [2.45, 2.75) is 12.3 Å². The smallest absolute Gasteiger partial charge is 0.307 e. The van der Waals surface area contributed by atoms with E-state index in [9.17, 15) is 4.79 Å². The van der Waals surface area contributed by atoms with Gasteiger partial charge in [-0.15, -0.1) is 0 Å². The normalized spacial score (nSPS) is 26.1. The number of hydrogen-bond acceptors (Lipinski definition) is 3. The van der Waals surface area contributed by atoms with E-state index in [1.54, 1.807) is 0 Å². The summed E-state index contributed by atoms with van der Waals surface area (Å²) in [4.78, 5) is 13.0. The van der Waals surface area contributed by atoms with Crippen LogP contribution in [0.4, 0.5) is 5.69 Å². The first-order chi connectivity index (χ1) is 8.16. The van der Waals surface area contributed by atoms with Crippen molar-refractivity contribution in [3.8, 4) is 5.75 Å². The van der Waals surface area contributed by atoms with Gasteiger partial charge in [0.1, 0.15) is 12.4 Å². The summed E-state index contributed by atoms with van der Waals surface area (Å²) in [7, 11) is 2.03. The van der Waals surface area contributed by atoms with Crippen molar-refractivity contribution in [1.29, 1.82) is 0 Å². The zero-order valence-electron chi connectivity index (χ0n) is 9.72. The van der Waals surface area contributed by atoms with Crippen LogP contribution in [0.15, 0.2) is 18.2 Å². The Morgan fingerprint density at radius 2 is 2.35 bits per heavy atom. The molecule has 2 unspecified atom stereocenters. The van der Waals surface area contributed by atoms with Crippen LogP contribution in [0.1, 0.15) is 17.9 Å². The Kier molecular flexibility index (Phi) is 2.24. The van der Waals surface area contributed by atoms with Gasteiger partial charge in [-0.2, -0.15) is 0 Å². The molecular weight excluding hydrogens is 218 g/mol. The summed E-state index contributed by atoms with van der Waals surface area (Å²) in [6, 6.07) is 6.02. The Labute approximate surface area is 99.8 Å². The Bertz CT molecular complexity index is 472. The second kappa shape index (κ2) is 3.65. The summed E-state index contributed by atoms with van der Waals surface area (Å²) in [5.41, 5.74) is 2.19. The van der Waals surface area contributed by atoms with E-state index < -0.39 is 5.97 Å². The number of ether oxygens (including phenoxy) is 1. The monoisotopic (exact) mass is 233 g/mol. The lowest BCUT2D eigenvalue weighted by Gasteiger charge is -2.28. The molecule has 2 aliphatic rings. The van der Waals surface area contributed by atoms with E-state index in [0.717, 1.165) is 30.0 Å². The molecule has 0 aromatic heterocycles. The second-order valence-electron chi connectivity index (χ2n) is 4.78. The van der Waals surface area contributed by atoms with E-state index in [1.165, 1.54) is 0 Å². The second-order valence-corrected chi connectivity index (χ2v) is 4.78. The number of benzene rings is 1. The molecule has 1 aromatic carbocycles. The molecule has 0 spiro atoms. The van der Waals surface area contributed by atoms with E-state index in [0.29, 0.717) is 6.61 Å². The highest BCUT2D eigenvalue weighted by molar-refractivity contribution is 5.75. The highest BCUT2D eigenvalue weighted by atomic mass is 16.5. The molecule has 90 valence electrons. The van der Waals surface area contributed by atoms with Crippen molar-refractivity contribution in [1.82, 2.24) is 0 Å². The quantitative estimate of drug-likeness (QED) is 0.844. The zero-order chi connectivity index (χ0) is 12.0. The molecule has 4 nitrogen and oxygen atoms in total. The summed E-state index contributed by atoms with van der Waals surface area (Å²) in [6.07, 6.45) is 0.763. The number of carbonyl (C=O) groups is 1. The molecule has 1 heterocycles. The maximum Gasteiger partial charge on any atom is 0.307 e. The number of anilines is 1. The van der Waals surface area contributed by atoms with Crippen molar-refractivity contribution in [2.75, 3.05) is 25.1 Å². The van der Waals surface area contributed by atoms with Gasteiger partial charge in [0, 0.05) is 7.05 Å². The van der Waals surface area contributed by atoms with Gasteiger partial charge in [0.15, 0.2) is 0 Å². The largest absolute Gasteiger partial charge is 0.490 e. The van der Waals surface area contributed by atoms with Crippen molar-refractivity contribution in [2.24, 2.45) is 5.92 Å². The Morgan fingerprint density at radius 1 is 1.53 bits per heavy atom. The lowest BCUT2D eigenvalue weighted by atomic mass is 10.1. The molecule has 1 aliphatic carbocycles. The molecule has 1 N–H and O–H groups in total. The van der Waals surface area contributed by atoms with Gasteiger partial charge in [-0.3, -0.25) is 4.79 Å². The number of carboxylic acid groups (broad SMARTS) is 1. The first kappa shape index (κ1) is 10.4. The number of nitrogens with zero attached hydrogens (tertiary/aromatic N) is 1. The third-order valence-corrected chi connectivity index (χ3v) is 3.61. The van der Waals surface area contributed by atoms with Crippen LogP contribution < -0.4 is 9.64 Å². The minimum absolute atomic E-state index is 0.188. The maximum absolute atomic E-state index is 10.9. The van der Waals surface area contributed by atoms with Crippen molar-refractivity contribution < 1.29 is 14.6 Å². The van der Waals surface area contributed by atoms with Crippen molar-refractivity contribution in [3.63, 3.8) is 0 Å². The number of rotatable bonds is 2. The van der Waals surface area contributed by atoms with Crippen LogP contribution in [-0.4, -0.2) is 31.3 Å². The van der Waals surface area contributed by atoms with E-state index >= 15 is 0 Å². The number of hydrogen-bond donors (Lipinski definition) is 1. The standard InChI is InChI=1S/C13H15NO3/c1-14-4-5-17-12-3-2-8(6-11(12)14)9-7-10(9)13(15)16/h2-3,6,9-10H,4-5,7H2,1H3,(H,15,16). The topological polar surface area (TPSA) is 49.8 Å². The molecule has 1 fully saturated rings. The summed E-state index contributed by atoms with van der Waals surface area (Å²) in [6.45, 7) is 1.59. The minimum Gasteiger partial charge on any atom is -0.490 e. The average Bonchev–Trinajstić information content (AvgIpc) is 3.09. The Hall–Kier alpha value is -1.71. The highest BCUT2D eigenvalue weighted by Gasteiger charge is 2.44. The number of fused-ring (bicyclic) bond motifs is 1. The van der Waals surface area contributed by atoms with Gasteiger partial charge in [0.25, 0.3) is 0 Å². The van der Waals surface area contributed by atoms with Crippen LogP contribution in [0.3, 0.4) is 0 Å². The van der Waals surface area contributed by atoms with Gasteiger partial charge >= 0.3 is 5.97 Å². The van der Waals surface area contributed by atoms with Crippen molar-refractivity contribution >= 4 is 11.7 Å². The molecule has 0 amide bonds. The fourth-order valence-electron chi connectivity index (χ4n) is 2.43. The van der Waals surface area contributed by atoms with Gasteiger partial charge in [0.05, 0.1) is 18.2 Å². The number of carboxylic acids is 1. The molecule has 3 rings (SSSR count). The van der Waals surface area contributed by atoms with Crippen LogP contribution in [-0.2, 0) is 4.79 Å². The molecule has 0 radical (unpaired) electrons. The number of likely N-dealkylation sites (N-methyl/N-ethyl adjacent to an activating group) is 1. The SMILES string of the molecule is CN1CCOc2ccc(C3CC3C(=O)O)cc21. The van der Waals surface area contributed by atoms with Gasteiger partial charge in [-0.25, -0.2) is 0 Å². The zero-order valence-corrected chi connectivity index (χ0v) is 9.72. The maximum atomic E-state index is 10.9. The molecule has 4 heteroatoms. The van der Waals surface area contributed by atoms with E-state index in [-0.39, 0.29) is 11.8 Å². The molecule has 0 bridgehead atoms. The van der Waals surface area contributed by atoms with Crippen LogP contribution in [0.25, 0.3) is 0 Å². The predicted molar refractivity (Wildman–Crippen MR) is 63.7 cm³/mol. The summed E-state index contributed by atoms with van der Waals surface area (Å²) in [5, 5.41) is 8.94. The van der Waals surface area contributed by atoms with Crippen LogP contribution in [0, 0.1) is 5.92 Å². The highest BCUT2D eigenvalue weighted by Crippen LogP contribution is 2.49. The minimum atomic E-state index is -0.683. The molecule has 2 atom stereocenters. The van der Waals surface area contributed by atoms with Crippen LogP contribution in [0.2, 0.25) is 0 Å². The van der Waals surface area contributed by atoms with Crippen LogP contribution >= 0.6 is 0 Å². The lowest BCUT2D eigenvalue weighted by Crippen LogP contribution is -2.28. The summed E-state index contributed by atoms with van der Waals surface area (Å²) < 4.78 is 5.57. The Balaban J connectivity index is 1.88. The van der Waals surface area contributed by atoms with Crippen LogP contribution in [0.5, 0.6) is 5.75 Å². The van der Waals surface area contributed by atoms with E-state index in [2.05, 4.69) is 11.0 Å². The first-order valence-electron chi connectivity index (χ1n) is 5.87.